The average Bonchev–Trinajstić information content (AvgIpc) is 2.75. The van der Waals surface area contributed by atoms with Gasteiger partial charge in [0.1, 0.15) is 0 Å². The quantitative estimate of drug-likeness (QED) is 0.259. The normalized spacial score (nSPS) is 11.1. The Morgan fingerprint density at radius 3 is 1.67 bits per heavy atom. The Morgan fingerprint density at radius 1 is 0.407 bits per heavy atom. The molecule has 0 atom stereocenters. The second-order valence-electron chi connectivity index (χ2n) is 6.79. The van der Waals surface area contributed by atoms with Crippen molar-refractivity contribution in [3.05, 3.63) is 108 Å². The van der Waals surface area contributed by atoms with Gasteiger partial charge in [-0.3, -0.25) is 0 Å². The smallest absolute Gasteiger partial charge is 0.0332 e. The predicted octanol–water partition coefficient (Wildman–Crippen LogP) is 8.09. The summed E-state index contributed by atoms with van der Waals surface area (Å²) in [5, 5.41) is 4.99. The van der Waals surface area contributed by atoms with Gasteiger partial charge in [0.05, 0.1) is 0 Å². The number of hydrogen-bond donors (Lipinski definition) is 0. The first-order valence-electron chi connectivity index (χ1n) is 9.06. The zero-order chi connectivity index (χ0) is 18.2. The van der Waals surface area contributed by atoms with Crippen molar-refractivity contribution >= 4 is 37.5 Å². The van der Waals surface area contributed by atoms with Crippen LogP contribution in [0.15, 0.2) is 108 Å². The second-order valence-corrected chi connectivity index (χ2v) is 7.59. The molecule has 0 aliphatic rings. The Hall–Kier alpha value is -2.90. The van der Waals surface area contributed by atoms with Crippen molar-refractivity contribution in [2.75, 3.05) is 0 Å². The van der Waals surface area contributed by atoms with E-state index in [-0.39, 0.29) is 0 Å². The van der Waals surface area contributed by atoms with Gasteiger partial charge in [-0.2, -0.15) is 0 Å². The van der Waals surface area contributed by atoms with Crippen LogP contribution in [0.5, 0.6) is 0 Å². The molecule has 0 aliphatic carbocycles. The highest BCUT2D eigenvalue weighted by Gasteiger charge is 2.08. The number of rotatable bonds is 2. The maximum atomic E-state index is 3.87. The van der Waals surface area contributed by atoms with Crippen LogP contribution in [0.3, 0.4) is 0 Å². The molecule has 0 aromatic heterocycles. The Morgan fingerprint density at radius 2 is 1.00 bits per heavy atom. The molecule has 0 spiro atoms. The predicted molar refractivity (Wildman–Crippen MR) is 120 cm³/mol. The summed E-state index contributed by atoms with van der Waals surface area (Å²) in [6, 6.07) is 36.8. The van der Waals surface area contributed by atoms with Crippen molar-refractivity contribution in [1.29, 1.82) is 0 Å². The molecule has 0 nitrogen and oxygen atoms in total. The van der Waals surface area contributed by atoms with Gasteiger partial charge in [0.25, 0.3) is 0 Å². The van der Waals surface area contributed by atoms with Crippen molar-refractivity contribution in [2.45, 2.75) is 0 Å². The maximum absolute atomic E-state index is 3.87. The lowest BCUT2D eigenvalue weighted by atomic mass is 9.96. The van der Waals surface area contributed by atoms with Gasteiger partial charge >= 0.3 is 0 Å². The molecule has 0 saturated heterocycles. The zero-order valence-electron chi connectivity index (χ0n) is 14.7. The minimum absolute atomic E-state index is 1.16. The third kappa shape index (κ3) is 2.94. The van der Waals surface area contributed by atoms with E-state index in [0.29, 0.717) is 0 Å². The van der Waals surface area contributed by atoms with Crippen LogP contribution in [-0.4, -0.2) is 0 Å². The number of benzene rings is 5. The fraction of sp³-hybridized carbons (Fsp3) is 0. The fourth-order valence-electron chi connectivity index (χ4n) is 3.69. The minimum Gasteiger partial charge on any atom is -0.0622 e. The molecule has 27 heavy (non-hydrogen) atoms. The molecule has 128 valence electrons. The topological polar surface area (TPSA) is 0 Å². The molecule has 0 saturated carbocycles. The Balaban J connectivity index is 1.70. The van der Waals surface area contributed by atoms with E-state index in [2.05, 4.69) is 119 Å². The first kappa shape index (κ1) is 16.3. The lowest BCUT2D eigenvalue weighted by Crippen LogP contribution is -1.84. The summed E-state index contributed by atoms with van der Waals surface area (Å²) in [7, 11) is 0. The van der Waals surface area contributed by atoms with Crippen LogP contribution < -0.4 is 0 Å². The molecule has 5 aromatic carbocycles. The highest BCUT2D eigenvalue weighted by molar-refractivity contribution is 9.10. The Kier molecular flexibility index (Phi) is 4.03. The lowest BCUT2D eigenvalue weighted by molar-refractivity contribution is 1.63. The summed E-state index contributed by atoms with van der Waals surface area (Å²) in [5.74, 6) is 0. The van der Waals surface area contributed by atoms with Crippen molar-refractivity contribution < 1.29 is 0 Å². The van der Waals surface area contributed by atoms with Crippen LogP contribution in [0.4, 0.5) is 0 Å². The van der Waals surface area contributed by atoms with Crippen LogP contribution >= 0.6 is 15.9 Å². The van der Waals surface area contributed by atoms with Gasteiger partial charge in [-0.1, -0.05) is 84.9 Å². The van der Waals surface area contributed by atoms with Gasteiger partial charge < -0.3 is 0 Å². The van der Waals surface area contributed by atoms with Crippen molar-refractivity contribution in [3.8, 4) is 22.3 Å². The lowest BCUT2D eigenvalue weighted by Gasteiger charge is -2.11. The average molecular weight is 409 g/mol. The number of fused-ring (bicyclic) bond motifs is 2. The van der Waals surface area contributed by atoms with E-state index in [4.69, 9.17) is 0 Å². The van der Waals surface area contributed by atoms with Gasteiger partial charge in [0, 0.05) is 4.47 Å². The summed E-state index contributed by atoms with van der Waals surface area (Å²) in [6.07, 6.45) is 0. The molecule has 1 heteroatoms. The maximum Gasteiger partial charge on any atom is 0.0332 e. The standard InChI is InChI=1S/C26H17Br/c27-26-24-14-13-20(18-7-3-1-4-8-18)15-23(24)16-22-12-11-21(17-25(22)26)19-9-5-2-6-10-19/h1-17H. The molecule has 0 unspecified atom stereocenters. The van der Waals surface area contributed by atoms with E-state index in [9.17, 15) is 0 Å². The van der Waals surface area contributed by atoms with Crippen LogP contribution in [0.1, 0.15) is 0 Å². The fourth-order valence-corrected chi connectivity index (χ4v) is 4.39. The number of halogens is 1. The van der Waals surface area contributed by atoms with Gasteiger partial charge in [0.15, 0.2) is 0 Å². The third-order valence-corrected chi connectivity index (χ3v) is 5.96. The summed E-state index contributed by atoms with van der Waals surface area (Å²) < 4.78 is 1.16. The van der Waals surface area contributed by atoms with Gasteiger partial charge in [-0.25, -0.2) is 0 Å². The summed E-state index contributed by atoms with van der Waals surface area (Å²) in [4.78, 5) is 0. The molecule has 0 aliphatic heterocycles. The van der Waals surface area contributed by atoms with Crippen molar-refractivity contribution in [1.82, 2.24) is 0 Å². The molecule has 0 amide bonds. The van der Waals surface area contributed by atoms with E-state index in [1.54, 1.807) is 0 Å². The zero-order valence-corrected chi connectivity index (χ0v) is 16.3. The molecule has 0 bridgehead atoms. The molecular weight excluding hydrogens is 392 g/mol. The monoisotopic (exact) mass is 408 g/mol. The first-order valence-corrected chi connectivity index (χ1v) is 9.86. The first-order chi connectivity index (χ1) is 13.3. The summed E-state index contributed by atoms with van der Waals surface area (Å²) in [6.45, 7) is 0. The summed E-state index contributed by atoms with van der Waals surface area (Å²) >= 11 is 3.87. The number of hydrogen-bond acceptors (Lipinski definition) is 0. The largest absolute Gasteiger partial charge is 0.0622 e. The van der Waals surface area contributed by atoms with Gasteiger partial charge in [-0.05, 0) is 77.9 Å². The molecule has 0 radical (unpaired) electrons. The van der Waals surface area contributed by atoms with E-state index in [1.165, 1.54) is 43.8 Å². The Labute approximate surface area is 167 Å². The van der Waals surface area contributed by atoms with Crippen LogP contribution in [-0.2, 0) is 0 Å². The van der Waals surface area contributed by atoms with E-state index in [1.807, 2.05) is 0 Å². The molecular formula is C26H17Br. The van der Waals surface area contributed by atoms with Crippen LogP contribution in [0.25, 0.3) is 43.8 Å². The minimum atomic E-state index is 1.16. The Bertz CT molecular complexity index is 1260. The highest BCUT2D eigenvalue weighted by atomic mass is 79.9. The molecule has 0 heterocycles. The molecule has 5 aromatic rings. The molecule has 5 rings (SSSR count). The molecule has 0 fully saturated rings. The van der Waals surface area contributed by atoms with Crippen molar-refractivity contribution in [3.63, 3.8) is 0 Å². The van der Waals surface area contributed by atoms with Crippen LogP contribution in [0, 0.1) is 0 Å². The van der Waals surface area contributed by atoms with Crippen molar-refractivity contribution in [2.24, 2.45) is 0 Å². The van der Waals surface area contributed by atoms with Crippen LogP contribution in [0.2, 0.25) is 0 Å². The highest BCUT2D eigenvalue weighted by Crippen LogP contribution is 2.36. The van der Waals surface area contributed by atoms with E-state index in [0.717, 1.165) is 4.47 Å². The van der Waals surface area contributed by atoms with E-state index >= 15 is 0 Å². The summed E-state index contributed by atoms with van der Waals surface area (Å²) in [5.41, 5.74) is 4.97. The van der Waals surface area contributed by atoms with Gasteiger partial charge in [0.2, 0.25) is 0 Å². The third-order valence-electron chi connectivity index (χ3n) is 5.10. The molecule has 0 N–H and O–H groups in total. The second kappa shape index (κ2) is 6.68. The van der Waals surface area contributed by atoms with Gasteiger partial charge in [-0.15, -0.1) is 0 Å². The SMILES string of the molecule is Brc1c2ccc(-c3ccccc3)cc2cc2ccc(-c3ccccc3)cc12. The van der Waals surface area contributed by atoms with E-state index < -0.39 is 0 Å².